The number of amides is 3. The summed E-state index contributed by atoms with van der Waals surface area (Å²) in [5, 5.41) is 8.98. The summed E-state index contributed by atoms with van der Waals surface area (Å²) in [6, 6.07) is 20.5. The third-order valence-corrected chi connectivity index (χ3v) is 10.5. The normalized spacial score (nSPS) is 13.2. The van der Waals surface area contributed by atoms with Crippen molar-refractivity contribution in [2.45, 2.75) is 42.8 Å². The first kappa shape index (κ1) is 34.3. The van der Waals surface area contributed by atoms with Crippen molar-refractivity contribution in [1.82, 2.24) is 5.32 Å². The van der Waals surface area contributed by atoms with E-state index in [1.165, 1.54) is 36.3 Å². The number of halogens is 2. The van der Waals surface area contributed by atoms with Crippen molar-refractivity contribution >= 4 is 86.8 Å². The van der Waals surface area contributed by atoms with Gasteiger partial charge in [0.25, 0.3) is 11.8 Å². The van der Waals surface area contributed by atoms with Crippen LogP contribution in [-0.4, -0.2) is 36.1 Å². The highest BCUT2D eigenvalue weighted by Crippen LogP contribution is 2.39. The largest absolute Gasteiger partial charge is 0.465 e. The maximum atomic E-state index is 13.5. The van der Waals surface area contributed by atoms with E-state index in [2.05, 4.69) is 16.0 Å². The summed E-state index contributed by atoms with van der Waals surface area (Å²) in [4.78, 5) is 54.3. The van der Waals surface area contributed by atoms with Crippen LogP contribution in [-0.2, 0) is 27.2 Å². The fourth-order valence-corrected chi connectivity index (χ4v) is 7.59. The molecule has 1 aromatic heterocycles. The highest BCUT2D eigenvalue weighted by Gasteiger charge is 2.28. The average Bonchev–Trinajstić information content (AvgIpc) is 3.44. The van der Waals surface area contributed by atoms with Crippen LogP contribution in [0.15, 0.2) is 83.4 Å². The second-order valence-corrected chi connectivity index (χ2v) is 14.0. The number of hydrogen-bond acceptors (Lipinski definition) is 7. The lowest BCUT2D eigenvalue weighted by Gasteiger charge is -2.14. The zero-order chi connectivity index (χ0) is 33.5. The Bertz CT molecular complexity index is 1860. The summed E-state index contributed by atoms with van der Waals surface area (Å²) in [5.41, 5.74) is 2.64. The van der Waals surface area contributed by atoms with Crippen molar-refractivity contribution in [2.24, 2.45) is 0 Å². The van der Waals surface area contributed by atoms with Crippen LogP contribution >= 0.6 is 46.3 Å². The van der Waals surface area contributed by atoms with Crippen LogP contribution in [0.2, 0.25) is 10.0 Å². The molecule has 8 nitrogen and oxygen atoms in total. The highest BCUT2D eigenvalue weighted by atomic mass is 35.5. The summed E-state index contributed by atoms with van der Waals surface area (Å²) in [6.45, 7) is 1.77. The topological polar surface area (TPSA) is 114 Å². The van der Waals surface area contributed by atoms with Crippen molar-refractivity contribution in [3.8, 4) is 0 Å². The van der Waals surface area contributed by atoms with E-state index >= 15 is 0 Å². The molecule has 3 N–H and O–H groups in total. The molecule has 0 radical (unpaired) electrons. The number of rotatable bonds is 10. The van der Waals surface area contributed by atoms with Gasteiger partial charge in [-0.05, 0) is 86.2 Å². The number of thioether (sulfide) groups is 1. The second kappa shape index (κ2) is 15.7. The number of carbonyl (C=O) groups is 4. The van der Waals surface area contributed by atoms with Gasteiger partial charge in [0.2, 0.25) is 5.91 Å². The van der Waals surface area contributed by atoms with E-state index in [0.29, 0.717) is 32.4 Å². The number of hydrogen-bond donors (Lipinski definition) is 3. The molecule has 1 heterocycles. The predicted octanol–water partition coefficient (Wildman–Crippen LogP) is 8.25. The lowest BCUT2D eigenvalue weighted by Crippen LogP contribution is -2.30. The number of anilines is 2. The van der Waals surface area contributed by atoms with Crippen molar-refractivity contribution in [2.75, 3.05) is 17.7 Å². The number of benzene rings is 3. The van der Waals surface area contributed by atoms with E-state index in [1.54, 1.807) is 73.7 Å². The van der Waals surface area contributed by atoms with Gasteiger partial charge in [-0.3, -0.25) is 14.4 Å². The maximum absolute atomic E-state index is 13.5. The maximum Gasteiger partial charge on any atom is 0.341 e. The van der Waals surface area contributed by atoms with Crippen LogP contribution in [0.25, 0.3) is 6.08 Å². The van der Waals surface area contributed by atoms with Crippen LogP contribution in [0.1, 0.15) is 56.5 Å². The molecule has 1 aliphatic rings. The first-order chi connectivity index (χ1) is 22.6. The fraction of sp³-hybridized carbons (Fsp3) is 0.200. The number of aryl methyl sites for hydroxylation is 1. The minimum atomic E-state index is -0.588. The van der Waals surface area contributed by atoms with Crippen molar-refractivity contribution in [3.63, 3.8) is 0 Å². The summed E-state index contributed by atoms with van der Waals surface area (Å²) < 4.78 is 5.03. The summed E-state index contributed by atoms with van der Waals surface area (Å²) >= 11 is 15.3. The Balaban J connectivity index is 1.31. The van der Waals surface area contributed by atoms with Gasteiger partial charge < -0.3 is 20.7 Å². The van der Waals surface area contributed by atoms with Crippen LogP contribution in [0.5, 0.6) is 0 Å². The Morgan fingerprint density at radius 2 is 1.68 bits per heavy atom. The molecule has 5 rings (SSSR count). The predicted molar refractivity (Wildman–Crippen MR) is 190 cm³/mol. The van der Waals surface area contributed by atoms with Gasteiger partial charge in [-0.15, -0.1) is 23.1 Å². The quantitative estimate of drug-likeness (QED) is 0.0869. The molecule has 3 amide bonds. The smallest absolute Gasteiger partial charge is 0.341 e. The number of ether oxygens (including phenoxy) is 1. The third-order valence-electron chi connectivity index (χ3n) is 7.38. The molecule has 0 aliphatic heterocycles. The highest BCUT2D eigenvalue weighted by molar-refractivity contribution is 8.00. The summed E-state index contributed by atoms with van der Waals surface area (Å²) in [5.74, 6) is -1.78. The zero-order valence-corrected chi connectivity index (χ0v) is 28.7. The molecule has 0 saturated heterocycles. The fourth-order valence-electron chi connectivity index (χ4n) is 5.02. The molecule has 1 aliphatic carbocycles. The van der Waals surface area contributed by atoms with Crippen molar-refractivity contribution in [1.29, 1.82) is 0 Å². The lowest BCUT2D eigenvalue weighted by molar-refractivity contribution is -0.115. The molecule has 242 valence electrons. The standard InChI is InChI=1S/C35H31Cl2N3O5S2/c1-20(31(41)40-34-29(35(44)45-2)25-15-6-7-17-28(25)47-34)46-24-14-9-13-23(19-24)38-33(43)27(18-22-12-8-16-26(36)30(22)37)39-32(42)21-10-4-3-5-11-21/h3-5,8-14,16,18-20H,6-7,15,17H2,1-2H3,(H,38,43)(H,39,42)(H,40,41)/b27-18+. The van der Waals surface area contributed by atoms with E-state index in [1.807, 2.05) is 6.07 Å². The van der Waals surface area contributed by atoms with Crippen LogP contribution in [0, 0.1) is 0 Å². The van der Waals surface area contributed by atoms with Gasteiger partial charge in [0.15, 0.2) is 0 Å². The molecule has 0 saturated carbocycles. The van der Waals surface area contributed by atoms with Gasteiger partial charge in [-0.2, -0.15) is 0 Å². The second-order valence-electron chi connectivity index (χ2n) is 10.7. The van der Waals surface area contributed by atoms with Crippen LogP contribution in [0.4, 0.5) is 10.7 Å². The Morgan fingerprint density at radius 1 is 0.936 bits per heavy atom. The number of methoxy groups -OCH3 is 1. The van der Waals surface area contributed by atoms with Gasteiger partial charge in [-0.25, -0.2) is 4.79 Å². The molecule has 4 aromatic rings. The number of fused-ring (bicyclic) bond motifs is 1. The minimum Gasteiger partial charge on any atom is -0.465 e. The van der Waals surface area contributed by atoms with Gasteiger partial charge in [0.1, 0.15) is 10.7 Å². The van der Waals surface area contributed by atoms with Crippen LogP contribution < -0.4 is 16.0 Å². The van der Waals surface area contributed by atoms with E-state index in [9.17, 15) is 19.2 Å². The number of esters is 1. The third kappa shape index (κ3) is 8.44. The molecule has 1 unspecified atom stereocenters. The van der Waals surface area contributed by atoms with Gasteiger partial charge >= 0.3 is 5.97 Å². The number of nitrogens with one attached hydrogen (secondary N) is 3. The molecule has 12 heteroatoms. The Kier molecular flexibility index (Phi) is 11.4. The Labute approximate surface area is 290 Å². The first-order valence-corrected chi connectivity index (χ1v) is 17.2. The summed E-state index contributed by atoms with van der Waals surface area (Å²) in [7, 11) is 1.34. The molecule has 0 fully saturated rings. The Hall–Kier alpha value is -4.09. The minimum absolute atomic E-state index is 0.0473. The molecular formula is C35H31Cl2N3O5S2. The van der Waals surface area contributed by atoms with E-state index in [4.69, 9.17) is 27.9 Å². The number of carbonyl (C=O) groups excluding carboxylic acids is 4. The average molecular weight is 709 g/mol. The molecule has 1 atom stereocenters. The van der Waals surface area contributed by atoms with Gasteiger partial charge in [-0.1, -0.05) is 59.6 Å². The first-order valence-electron chi connectivity index (χ1n) is 14.8. The molecule has 0 bridgehead atoms. The van der Waals surface area contributed by atoms with E-state index < -0.39 is 23.0 Å². The monoisotopic (exact) mass is 707 g/mol. The number of thiophene rings is 1. The SMILES string of the molecule is COC(=O)c1c(NC(=O)C(C)Sc2cccc(NC(=O)/C(=C\c3cccc(Cl)c3Cl)NC(=O)c3ccccc3)c2)sc2c1CCCC2. The van der Waals surface area contributed by atoms with E-state index in [0.717, 1.165) is 41.0 Å². The lowest BCUT2D eigenvalue weighted by atomic mass is 9.95. The van der Waals surface area contributed by atoms with Gasteiger partial charge in [0.05, 0.1) is 28.0 Å². The molecule has 0 spiro atoms. The van der Waals surface area contributed by atoms with Crippen molar-refractivity contribution < 1.29 is 23.9 Å². The molecular weight excluding hydrogens is 677 g/mol. The molecule has 47 heavy (non-hydrogen) atoms. The van der Waals surface area contributed by atoms with E-state index in [-0.39, 0.29) is 16.6 Å². The van der Waals surface area contributed by atoms with Crippen LogP contribution in [0.3, 0.4) is 0 Å². The Morgan fingerprint density at radius 3 is 2.45 bits per heavy atom. The van der Waals surface area contributed by atoms with Gasteiger partial charge in [0, 0.05) is 21.0 Å². The molecule has 3 aromatic carbocycles. The van der Waals surface area contributed by atoms with Crippen molar-refractivity contribution in [3.05, 3.63) is 116 Å². The zero-order valence-electron chi connectivity index (χ0n) is 25.5. The summed E-state index contributed by atoms with van der Waals surface area (Å²) in [6.07, 6.45) is 5.16.